The number of amides is 4. The minimum Gasteiger partial charge on any atom is -0.507 e. The maximum absolute atomic E-state index is 14.2. The summed E-state index contributed by atoms with van der Waals surface area (Å²) in [5, 5.41) is 37.2. The number of aliphatic hydroxyl groups excluding tert-OH is 1. The summed E-state index contributed by atoms with van der Waals surface area (Å²) in [7, 11) is 0. The number of urea groups is 1. The molecule has 10 rings (SSSR count). The zero-order chi connectivity index (χ0) is 47.5. The predicted molar refractivity (Wildman–Crippen MR) is 260 cm³/mol. The number of aliphatic hydroxyl groups is 1. The number of rotatable bonds is 9. The maximum atomic E-state index is 14.2. The molecule has 15 heteroatoms. The van der Waals surface area contributed by atoms with Crippen LogP contribution in [0, 0.1) is 23.2 Å². The fourth-order valence-electron chi connectivity index (χ4n) is 12.6. The second-order valence-corrected chi connectivity index (χ2v) is 21.8. The van der Waals surface area contributed by atoms with Crippen molar-refractivity contribution < 1.29 is 24.6 Å². The van der Waals surface area contributed by atoms with Gasteiger partial charge in [0.1, 0.15) is 17.8 Å². The number of aromatic amines is 1. The zero-order valence-corrected chi connectivity index (χ0v) is 40.1. The van der Waals surface area contributed by atoms with Crippen LogP contribution < -0.4 is 10.6 Å². The van der Waals surface area contributed by atoms with Crippen molar-refractivity contribution in [3.8, 4) is 29.4 Å². The van der Waals surface area contributed by atoms with Gasteiger partial charge in [-0.1, -0.05) is 51.0 Å². The molecule has 4 atom stereocenters. The Balaban J connectivity index is 0.667. The molecule has 0 unspecified atom stereocenters. The van der Waals surface area contributed by atoms with Gasteiger partial charge in [0.15, 0.2) is 5.65 Å². The van der Waals surface area contributed by atoms with Crippen molar-refractivity contribution in [1.82, 2.24) is 50.3 Å². The fraction of sp³-hybridized carbons (Fsp3) is 0.566. The summed E-state index contributed by atoms with van der Waals surface area (Å²) in [5.74, 6) is 2.11. The minimum absolute atomic E-state index is 0.0363. The lowest BCUT2D eigenvalue weighted by molar-refractivity contribution is -0.142. The highest BCUT2D eigenvalue weighted by Gasteiger charge is 2.56. The number of aromatic hydroxyl groups is 1. The van der Waals surface area contributed by atoms with Gasteiger partial charge in [-0.2, -0.15) is 0 Å². The van der Waals surface area contributed by atoms with Crippen LogP contribution in [0.2, 0.25) is 0 Å². The molecule has 0 bridgehead atoms. The lowest BCUT2D eigenvalue weighted by Crippen LogP contribution is -2.70. The molecule has 1 aliphatic carbocycles. The molecule has 6 aliphatic rings. The number of H-pyrrole nitrogens is 1. The predicted octanol–water partition coefficient (Wildman–Crippen LogP) is 5.03. The number of hydrogen-bond acceptors (Lipinski definition) is 10. The Morgan fingerprint density at radius 3 is 2.28 bits per heavy atom. The van der Waals surface area contributed by atoms with Crippen LogP contribution in [0.1, 0.15) is 101 Å². The first-order valence-electron chi connectivity index (χ1n) is 24.9. The van der Waals surface area contributed by atoms with Crippen LogP contribution in [0.25, 0.3) is 22.3 Å². The molecule has 5 N–H and O–H groups in total. The monoisotopic (exact) mass is 925 g/mol. The Morgan fingerprint density at radius 2 is 1.60 bits per heavy atom. The number of carbonyl (C=O) groups is 3. The maximum Gasteiger partial charge on any atom is 0.318 e. The van der Waals surface area contributed by atoms with Crippen LogP contribution in [0.15, 0.2) is 54.6 Å². The van der Waals surface area contributed by atoms with E-state index in [0.29, 0.717) is 42.5 Å². The van der Waals surface area contributed by atoms with Crippen molar-refractivity contribution >= 4 is 28.9 Å². The molecule has 7 heterocycles. The van der Waals surface area contributed by atoms with Crippen LogP contribution in [-0.4, -0.2) is 156 Å². The second-order valence-electron chi connectivity index (χ2n) is 21.8. The first kappa shape index (κ1) is 46.2. The number of hydrogen-bond donors (Lipinski definition) is 5. The largest absolute Gasteiger partial charge is 0.507 e. The molecule has 360 valence electrons. The summed E-state index contributed by atoms with van der Waals surface area (Å²) in [6.45, 7) is 15.3. The average molecular weight is 925 g/mol. The van der Waals surface area contributed by atoms with E-state index in [-0.39, 0.29) is 54.6 Å². The van der Waals surface area contributed by atoms with E-state index in [1.54, 1.807) is 6.07 Å². The van der Waals surface area contributed by atoms with E-state index >= 15 is 0 Å². The lowest BCUT2D eigenvalue weighted by Gasteiger charge is -2.61. The number of terminal acetylenes is 1. The van der Waals surface area contributed by atoms with Gasteiger partial charge in [0.25, 0.3) is 0 Å². The lowest BCUT2D eigenvalue weighted by atomic mass is 9.60. The van der Waals surface area contributed by atoms with E-state index in [2.05, 4.69) is 59.4 Å². The third-order valence-electron chi connectivity index (χ3n) is 16.4. The summed E-state index contributed by atoms with van der Waals surface area (Å²) in [6, 6.07) is 16.8. The first-order chi connectivity index (χ1) is 32.7. The van der Waals surface area contributed by atoms with Crippen LogP contribution in [-0.2, 0) is 22.6 Å². The molecule has 4 amide bonds. The molecule has 2 aromatic carbocycles. The van der Waals surface area contributed by atoms with Crippen LogP contribution in [0.4, 0.5) is 4.79 Å². The van der Waals surface area contributed by atoms with Crippen molar-refractivity contribution in [2.24, 2.45) is 10.8 Å². The van der Waals surface area contributed by atoms with Gasteiger partial charge in [0.2, 0.25) is 11.8 Å². The molecule has 1 saturated carbocycles. The van der Waals surface area contributed by atoms with Gasteiger partial charge in [-0.15, -0.1) is 16.6 Å². The van der Waals surface area contributed by atoms with Crippen molar-refractivity contribution in [1.29, 1.82) is 0 Å². The summed E-state index contributed by atoms with van der Waals surface area (Å²) in [5.41, 5.74) is 5.93. The number of benzene rings is 2. The molecule has 15 nitrogen and oxygen atoms in total. The number of phenolic OH excluding ortho intramolecular Hbond substituents is 1. The van der Waals surface area contributed by atoms with Crippen molar-refractivity contribution in [3.05, 3.63) is 77.0 Å². The third kappa shape index (κ3) is 8.96. The second kappa shape index (κ2) is 18.4. The summed E-state index contributed by atoms with van der Waals surface area (Å²) < 4.78 is 0. The average Bonchev–Trinajstić information content (AvgIpc) is 3.90. The van der Waals surface area contributed by atoms with Crippen molar-refractivity contribution in [2.75, 3.05) is 52.4 Å². The van der Waals surface area contributed by atoms with Crippen molar-refractivity contribution in [3.63, 3.8) is 0 Å². The number of β-amino-alcohol motifs (C(OH)–C–C–N with tert-alkyl or cyclic N) is 1. The van der Waals surface area contributed by atoms with Crippen molar-refractivity contribution in [2.45, 2.75) is 128 Å². The number of likely N-dealkylation sites (tertiary alicyclic amines) is 4. The molecule has 1 spiro atoms. The molecular formula is C53H68N10O5. The van der Waals surface area contributed by atoms with Gasteiger partial charge in [-0.05, 0) is 119 Å². The number of fused-ring (bicyclic) bond motifs is 3. The van der Waals surface area contributed by atoms with Gasteiger partial charge >= 0.3 is 6.03 Å². The Morgan fingerprint density at radius 1 is 0.926 bits per heavy atom. The van der Waals surface area contributed by atoms with E-state index in [0.717, 1.165) is 74.1 Å². The van der Waals surface area contributed by atoms with Crippen LogP contribution >= 0.6 is 0 Å². The Labute approximate surface area is 400 Å². The number of piperidine rings is 2. The molecule has 4 aromatic rings. The third-order valence-corrected chi connectivity index (χ3v) is 16.4. The Hall–Kier alpha value is -5.53. The normalized spacial score (nSPS) is 24.6. The topological polar surface area (TPSA) is 173 Å². The van der Waals surface area contributed by atoms with E-state index in [9.17, 15) is 24.6 Å². The van der Waals surface area contributed by atoms with E-state index in [4.69, 9.17) is 6.42 Å². The van der Waals surface area contributed by atoms with Crippen LogP contribution in [0.3, 0.4) is 0 Å². The molecular weight excluding hydrogens is 857 g/mol. The smallest absolute Gasteiger partial charge is 0.318 e. The van der Waals surface area contributed by atoms with Crippen LogP contribution in [0.5, 0.6) is 5.75 Å². The SMILES string of the molecule is C#Cc1ccc(CNC(=O)[C@@H]2C[C@@H](O)CN2C(=O)[C@@H](NC(=O)N2CC3(CC(N4CCC(N5CCC(N6CCc7[nH]c8nnc(-c9ccccc9O)cc8c7[C@H]6C)CC5)CC4)C3)C2)C(C)(C)C)cc1. The zero-order valence-electron chi connectivity index (χ0n) is 40.1. The first-order valence-corrected chi connectivity index (χ1v) is 24.9. The quantitative estimate of drug-likeness (QED) is 0.144. The summed E-state index contributed by atoms with van der Waals surface area (Å²) >= 11 is 0. The number of aromatic nitrogens is 3. The Bertz CT molecular complexity index is 2550. The van der Waals surface area contributed by atoms with Gasteiger partial charge in [-0.25, -0.2) is 4.79 Å². The highest BCUT2D eigenvalue weighted by molar-refractivity contribution is 5.93. The van der Waals surface area contributed by atoms with Gasteiger partial charge in [-0.3, -0.25) is 14.5 Å². The van der Waals surface area contributed by atoms with Gasteiger partial charge < -0.3 is 45.4 Å². The number of carbonyl (C=O) groups excluding carboxylic acids is 3. The molecule has 0 radical (unpaired) electrons. The molecule has 5 fully saturated rings. The molecule has 5 aliphatic heterocycles. The highest BCUT2D eigenvalue weighted by atomic mass is 16.3. The van der Waals surface area contributed by atoms with E-state index in [1.807, 2.05) is 68.1 Å². The summed E-state index contributed by atoms with van der Waals surface area (Å²) in [6.07, 6.45) is 12.7. The molecule has 68 heavy (non-hydrogen) atoms. The minimum atomic E-state index is -0.867. The summed E-state index contributed by atoms with van der Waals surface area (Å²) in [4.78, 5) is 56.3. The van der Waals surface area contributed by atoms with Gasteiger partial charge in [0.05, 0.1) is 11.8 Å². The molecule has 2 aromatic heterocycles. The van der Waals surface area contributed by atoms with E-state index < -0.39 is 23.6 Å². The standard InChI is InChI=1S/C53H68N10O5/c1-6-34-11-13-35(14-12-34)29-54-49(66)44-25-39(64)30-63(44)50(67)47(52(3,4)5)56-51(68)61-31-53(32-61)27-38(28-53)60-20-15-36(16-21-60)59-22-17-37(18-23-59)62-24-19-42-46(33(62)2)41-26-43(57-58-48(41)55-42)40-9-7-8-10-45(40)65/h1,7-14,26,33,36-39,44,47,64-65H,15-25,27-32H2,2-5H3,(H,54,66)(H,55,58)(H,56,68)/t33-,39-,44+,47-/m1/s1. The van der Waals surface area contributed by atoms with Gasteiger partial charge in [0, 0.05) is 97.4 Å². The fourth-order valence-corrected chi connectivity index (χ4v) is 12.6. The number of nitrogens with zero attached hydrogens (tertiary/aromatic N) is 7. The highest BCUT2D eigenvalue weighted by Crippen LogP contribution is 2.51. The number of phenols is 1. The van der Waals surface area contributed by atoms with E-state index in [1.165, 1.54) is 41.8 Å². The number of nitrogens with one attached hydrogen (secondary N) is 3. The molecule has 4 saturated heterocycles. The number of para-hydroxylation sites is 1. The Kier molecular flexibility index (Phi) is 12.5.